The van der Waals surface area contributed by atoms with Gasteiger partial charge in [-0.25, -0.2) is 8.42 Å². The average molecular weight is 378 g/mol. The van der Waals surface area contributed by atoms with Crippen molar-refractivity contribution in [1.82, 2.24) is 10.0 Å². The molecule has 0 aromatic heterocycles. The Bertz CT molecular complexity index is 957. The number of hydrogen-bond donors (Lipinski definition) is 2. The predicted octanol–water partition coefficient (Wildman–Crippen LogP) is 2.08. The van der Waals surface area contributed by atoms with E-state index < -0.39 is 16.1 Å². The van der Waals surface area contributed by atoms with Crippen LogP contribution in [0.15, 0.2) is 58.4 Å². The van der Waals surface area contributed by atoms with E-state index in [4.69, 9.17) is 11.6 Å². The second-order valence-electron chi connectivity index (χ2n) is 5.60. The number of nitrogens with zero attached hydrogens (tertiary/aromatic N) is 1. The summed E-state index contributed by atoms with van der Waals surface area (Å²) in [4.78, 5) is 16.6. The minimum atomic E-state index is -3.61. The van der Waals surface area contributed by atoms with Gasteiger partial charge in [0.1, 0.15) is 11.9 Å². The van der Waals surface area contributed by atoms with E-state index >= 15 is 0 Å². The Morgan fingerprint density at radius 2 is 2.00 bits per heavy atom. The summed E-state index contributed by atoms with van der Waals surface area (Å²) in [6, 6.07) is 12.9. The number of fused-ring (bicyclic) bond motifs is 1. The monoisotopic (exact) mass is 377 g/mol. The molecular formula is C17H16ClN3O3S. The molecule has 1 amide bonds. The van der Waals surface area contributed by atoms with Crippen LogP contribution in [-0.2, 0) is 21.4 Å². The molecule has 6 nitrogen and oxygen atoms in total. The molecule has 130 valence electrons. The van der Waals surface area contributed by atoms with Crippen LogP contribution in [0.25, 0.3) is 0 Å². The van der Waals surface area contributed by atoms with E-state index in [0.717, 1.165) is 5.56 Å². The molecule has 0 aliphatic carbocycles. The van der Waals surface area contributed by atoms with Crippen LogP contribution < -0.4 is 10.0 Å². The van der Waals surface area contributed by atoms with Crippen LogP contribution in [-0.4, -0.2) is 26.2 Å². The first kappa shape index (κ1) is 17.4. The topological polar surface area (TPSA) is 87.6 Å². The fraction of sp³-hybridized carbons (Fsp3) is 0.176. The summed E-state index contributed by atoms with van der Waals surface area (Å²) in [7, 11) is -3.61. The van der Waals surface area contributed by atoms with E-state index in [0.29, 0.717) is 17.1 Å². The van der Waals surface area contributed by atoms with Gasteiger partial charge in [-0.05, 0) is 36.8 Å². The molecule has 0 fully saturated rings. The van der Waals surface area contributed by atoms with E-state index in [2.05, 4.69) is 15.0 Å². The number of hydrogen-bond acceptors (Lipinski definition) is 4. The fourth-order valence-electron chi connectivity index (χ4n) is 2.47. The van der Waals surface area contributed by atoms with Crippen molar-refractivity contribution in [3.05, 3.63) is 64.7 Å². The third-order valence-electron chi connectivity index (χ3n) is 3.72. The first-order chi connectivity index (χ1) is 11.9. The zero-order valence-corrected chi connectivity index (χ0v) is 14.9. The fourth-order valence-corrected chi connectivity index (χ4v) is 3.92. The lowest BCUT2D eigenvalue weighted by atomic mass is 10.2. The van der Waals surface area contributed by atoms with Crippen molar-refractivity contribution in [2.75, 3.05) is 0 Å². The summed E-state index contributed by atoms with van der Waals surface area (Å²) < 4.78 is 26.5. The molecule has 0 bridgehead atoms. The van der Waals surface area contributed by atoms with Gasteiger partial charge in [0.25, 0.3) is 10.0 Å². The maximum Gasteiger partial charge on any atom is 0.263 e. The minimum absolute atomic E-state index is 0.167. The molecular weight excluding hydrogens is 362 g/mol. The molecule has 0 spiro atoms. The van der Waals surface area contributed by atoms with Crippen LogP contribution in [0, 0.1) is 0 Å². The molecule has 0 saturated carbocycles. The number of amides is 1. The van der Waals surface area contributed by atoms with Crippen molar-refractivity contribution < 1.29 is 13.2 Å². The van der Waals surface area contributed by atoms with Crippen LogP contribution in [0.1, 0.15) is 18.1 Å². The number of sulfonamides is 1. The SMILES string of the molecule is C[C@H](N=C1NS(=O)(=O)c2ccccc21)C(=O)NCc1cccc(Cl)c1. The molecule has 2 N–H and O–H groups in total. The summed E-state index contributed by atoms with van der Waals surface area (Å²) in [5.74, 6) is -0.128. The van der Waals surface area contributed by atoms with Crippen LogP contribution in [0.2, 0.25) is 5.02 Å². The molecule has 2 aromatic carbocycles. The molecule has 1 aliphatic rings. The highest BCUT2D eigenvalue weighted by Gasteiger charge is 2.31. The highest BCUT2D eigenvalue weighted by atomic mass is 35.5. The van der Waals surface area contributed by atoms with Gasteiger partial charge in [0.2, 0.25) is 5.91 Å². The highest BCUT2D eigenvalue weighted by Crippen LogP contribution is 2.22. The highest BCUT2D eigenvalue weighted by molar-refractivity contribution is 7.90. The van der Waals surface area contributed by atoms with E-state index in [9.17, 15) is 13.2 Å². The number of nitrogens with one attached hydrogen (secondary N) is 2. The van der Waals surface area contributed by atoms with Gasteiger partial charge in [-0.3, -0.25) is 14.5 Å². The summed E-state index contributed by atoms with van der Waals surface area (Å²) in [6.45, 7) is 1.92. The second kappa shape index (κ2) is 6.85. The van der Waals surface area contributed by atoms with Crippen molar-refractivity contribution in [2.45, 2.75) is 24.4 Å². The van der Waals surface area contributed by atoms with Gasteiger partial charge in [-0.15, -0.1) is 0 Å². The third kappa shape index (κ3) is 3.83. The van der Waals surface area contributed by atoms with Gasteiger partial charge < -0.3 is 5.32 Å². The van der Waals surface area contributed by atoms with Gasteiger partial charge >= 0.3 is 0 Å². The van der Waals surface area contributed by atoms with Crippen LogP contribution in [0.5, 0.6) is 0 Å². The Kier molecular flexibility index (Phi) is 4.78. The summed E-state index contributed by atoms with van der Waals surface area (Å²) in [6.07, 6.45) is 0. The number of amidine groups is 1. The predicted molar refractivity (Wildman–Crippen MR) is 96.1 cm³/mol. The molecule has 1 atom stereocenters. The van der Waals surface area contributed by atoms with Gasteiger partial charge in [-0.2, -0.15) is 0 Å². The molecule has 2 aromatic rings. The number of carbonyl (C=O) groups is 1. The van der Waals surface area contributed by atoms with Gasteiger partial charge in [0.15, 0.2) is 0 Å². The quantitative estimate of drug-likeness (QED) is 0.855. The van der Waals surface area contributed by atoms with E-state index in [1.54, 1.807) is 43.3 Å². The molecule has 0 radical (unpaired) electrons. The van der Waals surface area contributed by atoms with Crippen LogP contribution in [0.3, 0.4) is 0 Å². The Balaban J connectivity index is 1.72. The number of aliphatic imine (C=N–C) groups is 1. The maximum absolute atomic E-state index is 12.2. The zero-order chi connectivity index (χ0) is 18.0. The largest absolute Gasteiger partial charge is 0.350 e. The van der Waals surface area contributed by atoms with Crippen LogP contribution >= 0.6 is 11.6 Å². The minimum Gasteiger partial charge on any atom is -0.350 e. The molecule has 1 heterocycles. The van der Waals surface area contributed by atoms with E-state index in [1.165, 1.54) is 6.07 Å². The van der Waals surface area contributed by atoms with Crippen molar-refractivity contribution >= 4 is 33.4 Å². The number of halogens is 1. The van der Waals surface area contributed by atoms with Crippen molar-refractivity contribution in [1.29, 1.82) is 0 Å². The Labute approximate surface area is 151 Å². The van der Waals surface area contributed by atoms with Crippen molar-refractivity contribution in [2.24, 2.45) is 4.99 Å². The number of rotatable bonds is 4. The zero-order valence-electron chi connectivity index (χ0n) is 13.4. The Morgan fingerprint density at radius 1 is 1.24 bits per heavy atom. The second-order valence-corrected chi connectivity index (χ2v) is 7.69. The van der Waals surface area contributed by atoms with Crippen LogP contribution in [0.4, 0.5) is 0 Å². The Morgan fingerprint density at radius 3 is 2.76 bits per heavy atom. The van der Waals surface area contributed by atoms with E-state index in [1.807, 2.05) is 6.07 Å². The van der Waals surface area contributed by atoms with Gasteiger partial charge in [0.05, 0.1) is 4.90 Å². The molecule has 25 heavy (non-hydrogen) atoms. The lowest BCUT2D eigenvalue weighted by molar-refractivity contribution is -0.122. The number of carbonyl (C=O) groups excluding carboxylic acids is 1. The molecule has 0 unspecified atom stereocenters. The van der Waals surface area contributed by atoms with Gasteiger partial charge in [0, 0.05) is 17.1 Å². The maximum atomic E-state index is 12.2. The Hall–Kier alpha value is -2.38. The van der Waals surface area contributed by atoms with Crippen molar-refractivity contribution in [3.8, 4) is 0 Å². The van der Waals surface area contributed by atoms with E-state index in [-0.39, 0.29) is 16.6 Å². The first-order valence-electron chi connectivity index (χ1n) is 7.59. The lowest BCUT2D eigenvalue weighted by Gasteiger charge is -2.10. The molecule has 3 rings (SSSR count). The molecule has 8 heteroatoms. The summed E-state index contributed by atoms with van der Waals surface area (Å²) in [5.41, 5.74) is 1.34. The average Bonchev–Trinajstić information content (AvgIpc) is 2.84. The van der Waals surface area contributed by atoms with Gasteiger partial charge in [-0.1, -0.05) is 35.9 Å². The third-order valence-corrected chi connectivity index (χ3v) is 5.35. The number of benzene rings is 2. The smallest absolute Gasteiger partial charge is 0.263 e. The van der Waals surface area contributed by atoms with Crippen molar-refractivity contribution in [3.63, 3.8) is 0 Å². The molecule has 1 aliphatic heterocycles. The first-order valence-corrected chi connectivity index (χ1v) is 9.45. The normalized spacial score (nSPS) is 17.6. The molecule has 0 saturated heterocycles. The summed E-state index contributed by atoms with van der Waals surface area (Å²) in [5, 5.41) is 3.36. The summed E-state index contributed by atoms with van der Waals surface area (Å²) >= 11 is 5.91. The standard InChI is InChI=1S/C17H16ClN3O3S/c1-11(17(22)19-10-12-5-4-6-13(18)9-12)20-16-14-7-2-3-8-15(14)25(23,24)21-16/h2-9,11H,10H2,1H3,(H,19,22)(H,20,21)/t11-/m0/s1. The lowest BCUT2D eigenvalue weighted by Crippen LogP contribution is -2.33.